The number of amides is 1. The number of aromatic nitrogens is 1. The van der Waals surface area contributed by atoms with Gasteiger partial charge in [0.05, 0.1) is 11.6 Å². The molecule has 2 aromatic rings. The first kappa shape index (κ1) is 20.9. The van der Waals surface area contributed by atoms with E-state index in [4.69, 9.17) is 0 Å². The third-order valence-electron chi connectivity index (χ3n) is 6.24. The fourth-order valence-corrected chi connectivity index (χ4v) is 6.21. The van der Waals surface area contributed by atoms with Crippen LogP contribution in [0.2, 0.25) is 0 Å². The summed E-state index contributed by atoms with van der Waals surface area (Å²) in [5.41, 5.74) is -0.749. The Morgan fingerprint density at radius 3 is 2.63 bits per heavy atom. The predicted molar refractivity (Wildman–Crippen MR) is 107 cm³/mol. The van der Waals surface area contributed by atoms with Gasteiger partial charge in [-0.2, -0.15) is 4.31 Å². The van der Waals surface area contributed by atoms with Crippen molar-refractivity contribution in [3.05, 3.63) is 54.4 Å². The average molecular weight is 435 g/mol. The summed E-state index contributed by atoms with van der Waals surface area (Å²) in [4.78, 5) is 17.1. The number of hydrogen-bond donors (Lipinski definition) is 1. The summed E-state index contributed by atoms with van der Waals surface area (Å²) in [5, 5.41) is 2.49. The van der Waals surface area contributed by atoms with Gasteiger partial charge in [-0.05, 0) is 42.5 Å². The van der Waals surface area contributed by atoms with Crippen LogP contribution in [0.15, 0.2) is 47.6 Å². The Morgan fingerprint density at radius 2 is 1.93 bits per heavy atom. The number of rotatable bonds is 4. The zero-order chi connectivity index (χ0) is 21.4. The van der Waals surface area contributed by atoms with Gasteiger partial charge in [-0.1, -0.05) is 19.3 Å². The lowest BCUT2D eigenvalue weighted by Gasteiger charge is -2.37. The second kappa shape index (κ2) is 8.03. The Labute approximate surface area is 174 Å². The van der Waals surface area contributed by atoms with Crippen LogP contribution in [0.1, 0.15) is 32.1 Å². The van der Waals surface area contributed by atoms with Gasteiger partial charge < -0.3 is 5.32 Å². The van der Waals surface area contributed by atoms with Crippen molar-refractivity contribution in [2.75, 3.05) is 18.4 Å². The van der Waals surface area contributed by atoms with Gasteiger partial charge >= 0.3 is 0 Å². The molecule has 1 N–H and O–H groups in total. The van der Waals surface area contributed by atoms with Gasteiger partial charge in [-0.25, -0.2) is 17.2 Å². The number of carbonyl (C=O) groups excluding carboxylic acids is 1. The normalized spacial score (nSPS) is 21.6. The van der Waals surface area contributed by atoms with E-state index in [0.717, 1.165) is 50.3 Å². The molecule has 1 aromatic carbocycles. The maximum atomic E-state index is 14.0. The molecule has 2 fully saturated rings. The van der Waals surface area contributed by atoms with Crippen molar-refractivity contribution in [2.45, 2.75) is 37.0 Å². The van der Waals surface area contributed by atoms with E-state index in [1.807, 2.05) is 0 Å². The van der Waals surface area contributed by atoms with Crippen LogP contribution in [0.4, 0.5) is 14.5 Å². The molecule has 6 nitrogen and oxygen atoms in total. The lowest BCUT2D eigenvalue weighted by Crippen LogP contribution is -2.39. The molecule has 1 spiro atoms. The number of hydrogen-bond acceptors (Lipinski definition) is 4. The van der Waals surface area contributed by atoms with Crippen LogP contribution in [0.25, 0.3) is 0 Å². The fourth-order valence-electron chi connectivity index (χ4n) is 4.69. The molecular formula is C21H23F2N3O3S. The first-order chi connectivity index (χ1) is 14.3. The monoisotopic (exact) mass is 435 g/mol. The number of benzene rings is 1. The van der Waals surface area contributed by atoms with E-state index in [-0.39, 0.29) is 23.7 Å². The lowest BCUT2D eigenvalue weighted by atomic mass is 9.67. The van der Waals surface area contributed by atoms with Crippen molar-refractivity contribution < 1.29 is 22.0 Å². The molecule has 1 saturated carbocycles. The predicted octanol–water partition coefficient (Wildman–Crippen LogP) is 3.57. The van der Waals surface area contributed by atoms with Crippen LogP contribution >= 0.6 is 0 Å². The standard InChI is InChI=1S/C21H23F2N3O3S/c22-15-6-7-18(23)19(11-15)25-20(27)17-13-26(14-21(17)8-2-1-3-9-21)30(28,29)16-5-4-10-24-12-16/h4-7,10-12,17H,1-3,8-9,13-14H2,(H,25,27). The van der Waals surface area contributed by atoms with Gasteiger partial charge in [0.25, 0.3) is 0 Å². The summed E-state index contributed by atoms with van der Waals surface area (Å²) in [6.07, 6.45) is 7.06. The van der Waals surface area contributed by atoms with Crippen LogP contribution < -0.4 is 5.32 Å². The molecule has 0 bridgehead atoms. The molecule has 1 unspecified atom stereocenters. The lowest BCUT2D eigenvalue weighted by molar-refractivity contribution is -0.123. The highest BCUT2D eigenvalue weighted by Gasteiger charge is 2.53. The second-order valence-electron chi connectivity index (χ2n) is 8.08. The summed E-state index contributed by atoms with van der Waals surface area (Å²) >= 11 is 0. The largest absolute Gasteiger partial charge is 0.323 e. The van der Waals surface area contributed by atoms with Crippen molar-refractivity contribution >= 4 is 21.6 Å². The summed E-state index contributed by atoms with van der Waals surface area (Å²) in [5.74, 6) is -2.52. The summed E-state index contributed by atoms with van der Waals surface area (Å²) in [6.45, 7) is 0.230. The number of sulfonamides is 1. The highest BCUT2D eigenvalue weighted by atomic mass is 32.2. The first-order valence-corrected chi connectivity index (χ1v) is 11.4. The molecule has 9 heteroatoms. The van der Waals surface area contributed by atoms with Crippen molar-refractivity contribution in [2.24, 2.45) is 11.3 Å². The molecule has 1 aliphatic heterocycles. The van der Waals surface area contributed by atoms with Crippen LogP contribution in [0.5, 0.6) is 0 Å². The average Bonchev–Trinajstić information content (AvgIpc) is 3.11. The van der Waals surface area contributed by atoms with E-state index in [0.29, 0.717) is 0 Å². The maximum absolute atomic E-state index is 14.0. The van der Waals surface area contributed by atoms with E-state index in [1.165, 1.54) is 22.8 Å². The summed E-state index contributed by atoms with van der Waals surface area (Å²) in [6, 6.07) is 5.89. The Hall–Kier alpha value is -2.39. The molecule has 1 aromatic heterocycles. The number of anilines is 1. The van der Waals surface area contributed by atoms with Gasteiger partial charge in [-0.3, -0.25) is 9.78 Å². The van der Waals surface area contributed by atoms with Crippen LogP contribution in [-0.4, -0.2) is 36.7 Å². The Balaban J connectivity index is 1.63. The van der Waals surface area contributed by atoms with Crippen LogP contribution in [0.3, 0.4) is 0 Å². The topological polar surface area (TPSA) is 79.4 Å². The van der Waals surface area contributed by atoms with E-state index < -0.39 is 38.9 Å². The molecule has 0 radical (unpaired) electrons. The van der Waals surface area contributed by atoms with Crippen molar-refractivity contribution in [3.8, 4) is 0 Å². The van der Waals surface area contributed by atoms with E-state index >= 15 is 0 Å². The van der Waals surface area contributed by atoms with Gasteiger partial charge in [0.1, 0.15) is 16.5 Å². The smallest absolute Gasteiger partial charge is 0.244 e. The third-order valence-corrected chi connectivity index (χ3v) is 8.04. The highest BCUT2D eigenvalue weighted by molar-refractivity contribution is 7.89. The molecule has 4 rings (SSSR count). The first-order valence-electron chi connectivity index (χ1n) is 9.98. The number of pyridine rings is 1. The molecule has 2 aliphatic rings. The zero-order valence-corrected chi connectivity index (χ0v) is 17.2. The molecule has 1 aliphatic carbocycles. The third kappa shape index (κ3) is 3.83. The molecule has 160 valence electrons. The summed E-state index contributed by atoms with van der Waals surface area (Å²) in [7, 11) is -3.81. The van der Waals surface area contributed by atoms with Gasteiger partial charge in [-0.15, -0.1) is 0 Å². The minimum Gasteiger partial charge on any atom is -0.323 e. The van der Waals surface area contributed by atoms with Gasteiger partial charge in [0.2, 0.25) is 15.9 Å². The van der Waals surface area contributed by atoms with E-state index in [2.05, 4.69) is 10.3 Å². The second-order valence-corrected chi connectivity index (χ2v) is 10.0. The number of nitrogens with one attached hydrogen (secondary N) is 1. The van der Waals surface area contributed by atoms with Crippen molar-refractivity contribution in [3.63, 3.8) is 0 Å². The molecule has 1 atom stereocenters. The van der Waals surface area contributed by atoms with Gasteiger partial charge in [0.15, 0.2) is 0 Å². The van der Waals surface area contributed by atoms with Crippen LogP contribution in [0, 0.1) is 23.0 Å². The van der Waals surface area contributed by atoms with Crippen molar-refractivity contribution in [1.82, 2.24) is 9.29 Å². The SMILES string of the molecule is O=C(Nc1cc(F)ccc1F)C1CN(S(=O)(=O)c2cccnc2)CC12CCCCC2. The minimum absolute atomic E-state index is 0.00000425. The Kier molecular flexibility index (Phi) is 5.59. The fraction of sp³-hybridized carbons (Fsp3) is 0.429. The van der Waals surface area contributed by atoms with E-state index in [9.17, 15) is 22.0 Å². The molecule has 1 amide bonds. The molecule has 30 heavy (non-hydrogen) atoms. The molecule has 1 saturated heterocycles. The Morgan fingerprint density at radius 1 is 1.17 bits per heavy atom. The number of halogens is 2. The quantitative estimate of drug-likeness (QED) is 0.796. The maximum Gasteiger partial charge on any atom is 0.244 e. The Bertz CT molecular complexity index is 1040. The number of nitrogens with zero attached hydrogens (tertiary/aromatic N) is 2. The van der Waals surface area contributed by atoms with Crippen LogP contribution in [-0.2, 0) is 14.8 Å². The summed E-state index contributed by atoms with van der Waals surface area (Å²) < 4.78 is 55.2. The molecular weight excluding hydrogens is 412 g/mol. The van der Waals surface area contributed by atoms with Gasteiger partial charge in [0, 0.05) is 31.5 Å². The zero-order valence-electron chi connectivity index (χ0n) is 16.4. The number of carbonyl (C=O) groups is 1. The van der Waals surface area contributed by atoms with E-state index in [1.54, 1.807) is 6.07 Å². The minimum atomic E-state index is -3.81. The van der Waals surface area contributed by atoms with Crippen molar-refractivity contribution in [1.29, 1.82) is 0 Å². The molecule has 2 heterocycles. The highest BCUT2D eigenvalue weighted by Crippen LogP contribution is 2.49.